The number of aliphatic hydroxyl groups excluding tert-OH is 1. The number of hydrogen-bond acceptors (Lipinski definition) is 8. The number of halogens is 1. The van der Waals surface area contributed by atoms with Gasteiger partial charge in [0.15, 0.2) is 0 Å². The number of carbonyl (C=O) groups is 5. The lowest BCUT2D eigenvalue weighted by Gasteiger charge is -2.24. The second-order valence-corrected chi connectivity index (χ2v) is 8.15. The molecule has 12 heteroatoms. The number of esters is 1. The first-order chi connectivity index (χ1) is 16.0. The molecule has 0 spiro atoms. The lowest BCUT2D eigenvalue weighted by atomic mass is 10.0. The molecule has 0 aromatic heterocycles. The molecular weight excluding hydrogens is 468 g/mol. The van der Waals surface area contributed by atoms with E-state index in [4.69, 9.17) is 17.3 Å². The number of nitrogens with two attached hydrogens (primary N) is 1. The molecule has 0 bridgehead atoms. The molecule has 11 nitrogen and oxygen atoms in total. The van der Waals surface area contributed by atoms with Crippen LogP contribution in [0.5, 0.6) is 0 Å². The fraction of sp³-hybridized carbons (Fsp3) is 0.500. The van der Waals surface area contributed by atoms with Crippen LogP contribution in [-0.2, 0) is 35.1 Å². The summed E-state index contributed by atoms with van der Waals surface area (Å²) < 4.78 is 4.62. The van der Waals surface area contributed by atoms with Gasteiger partial charge in [0.25, 0.3) is 0 Å². The maximum absolute atomic E-state index is 12.9. The van der Waals surface area contributed by atoms with Gasteiger partial charge in [0.1, 0.15) is 24.2 Å². The normalized spacial score (nSPS) is 15.1. The van der Waals surface area contributed by atoms with Crippen LogP contribution in [0.25, 0.3) is 0 Å². The van der Waals surface area contributed by atoms with Crippen LogP contribution in [0.15, 0.2) is 30.3 Å². The monoisotopic (exact) mass is 498 g/mol. The van der Waals surface area contributed by atoms with Gasteiger partial charge in [-0.25, -0.2) is 4.79 Å². The van der Waals surface area contributed by atoms with Crippen molar-refractivity contribution in [2.24, 2.45) is 5.73 Å². The predicted octanol–water partition coefficient (Wildman–Crippen LogP) is -0.870. The Morgan fingerprint density at radius 1 is 0.971 bits per heavy atom. The van der Waals surface area contributed by atoms with Gasteiger partial charge in [-0.05, 0) is 37.4 Å². The Labute approximate surface area is 202 Å². The summed E-state index contributed by atoms with van der Waals surface area (Å²) in [5.41, 5.74) is 6.40. The second kappa shape index (κ2) is 14.3. The van der Waals surface area contributed by atoms with E-state index in [2.05, 4.69) is 20.7 Å². The average Bonchev–Trinajstić information content (AvgIpc) is 2.80. The van der Waals surface area contributed by atoms with Crippen LogP contribution in [0.2, 0.25) is 0 Å². The first-order valence-corrected chi connectivity index (χ1v) is 11.0. The van der Waals surface area contributed by atoms with Crippen molar-refractivity contribution in [3.63, 3.8) is 0 Å². The summed E-state index contributed by atoms with van der Waals surface area (Å²) in [6.45, 7) is 2.73. The third-order valence-corrected chi connectivity index (χ3v) is 5.11. The topological polar surface area (TPSA) is 177 Å². The first kappa shape index (κ1) is 29.0. The van der Waals surface area contributed by atoms with E-state index in [0.29, 0.717) is 0 Å². The highest BCUT2D eigenvalue weighted by molar-refractivity contribution is 6.63. The highest BCUT2D eigenvalue weighted by Crippen LogP contribution is 2.06. The van der Waals surface area contributed by atoms with Gasteiger partial charge < -0.3 is 31.5 Å². The van der Waals surface area contributed by atoms with Crippen molar-refractivity contribution in [2.45, 2.75) is 63.4 Å². The Morgan fingerprint density at radius 2 is 1.56 bits per heavy atom. The standard InChI is InChI=1S/C22H31ClN4O7/c1-12(19(30)26-15(22(33)34-3)9-10-17(23)29)25-20(31)16(11-14-7-5-4-6-8-14)27-21(32)18(24)13(2)28/h4-8,12-13,15-16,18,28H,9-11,24H2,1-3H3,(H,25,31)(H,26,30)(H,27,32)/t12-,13+,15-,16-,18-/m0/s1. The molecule has 0 aliphatic rings. The largest absolute Gasteiger partial charge is 0.467 e. The van der Waals surface area contributed by atoms with Gasteiger partial charge in [-0.15, -0.1) is 0 Å². The van der Waals surface area contributed by atoms with Gasteiger partial charge in [-0.3, -0.25) is 19.2 Å². The molecule has 6 N–H and O–H groups in total. The zero-order chi connectivity index (χ0) is 25.8. The highest BCUT2D eigenvalue weighted by atomic mass is 35.5. The molecule has 1 aromatic rings. The van der Waals surface area contributed by atoms with E-state index < -0.39 is 59.2 Å². The van der Waals surface area contributed by atoms with E-state index >= 15 is 0 Å². The Hall–Kier alpha value is -3.02. The van der Waals surface area contributed by atoms with Crippen molar-refractivity contribution in [3.8, 4) is 0 Å². The first-order valence-electron chi connectivity index (χ1n) is 10.6. The molecule has 1 rings (SSSR count). The van der Waals surface area contributed by atoms with Crippen molar-refractivity contribution in [1.82, 2.24) is 16.0 Å². The molecule has 0 heterocycles. The Kier molecular flexibility index (Phi) is 12.2. The number of ether oxygens (including phenoxy) is 1. The van der Waals surface area contributed by atoms with Crippen LogP contribution in [0.4, 0.5) is 0 Å². The van der Waals surface area contributed by atoms with Crippen molar-refractivity contribution in [1.29, 1.82) is 0 Å². The van der Waals surface area contributed by atoms with Gasteiger partial charge >= 0.3 is 5.97 Å². The molecule has 188 valence electrons. The number of carbonyl (C=O) groups excluding carboxylic acids is 5. The van der Waals surface area contributed by atoms with Crippen molar-refractivity contribution in [3.05, 3.63) is 35.9 Å². The van der Waals surface area contributed by atoms with Gasteiger partial charge in [-0.1, -0.05) is 30.3 Å². The highest BCUT2D eigenvalue weighted by Gasteiger charge is 2.29. The van der Waals surface area contributed by atoms with Crippen LogP contribution in [0.1, 0.15) is 32.3 Å². The Balaban J connectivity index is 2.91. The molecule has 0 radical (unpaired) electrons. The second-order valence-electron chi connectivity index (χ2n) is 7.73. The molecule has 0 aliphatic heterocycles. The van der Waals surface area contributed by atoms with Crippen LogP contribution in [0.3, 0.4) is 0 Å². The van der Waals surface area contributed by atoms with Crippen molar-refractivity contribution >= 4 is 40.5 Å². The SMILES string of the molecule is COC(=O)[C@H](CCC(=O)Cl)NC(=O)[C@H](C)NC(=O)[C@H](Cc1ccccc1)NC(=O)[C@@H](N)[C@@H](C)O. The van der Waals surface area contributed by atoms with E-state index in [1.54, 1.807) is 30.3 Å². The maximum atomic E-state index is 12.9. The number of amides is 3. The summed E-state index contributed by atoms with van der Waals surface area (Å²) in [5.74, 6) is -2.90. The predicted molar refractivity (Wildman–Crippen MR) is 123 cm³/mol. The number of nitrogens with one attached hydrogen (secondary N) is 3. The van der Waals surface area contributed by atoms with Gasteiger partial charge in [0.05, 0.1) is 13.2 Å². The number of aliphatic hydroxyl groups is 1. The van der Waals surface area contributed by atoms with Crippen LogP contribution in [-0.4, -0.2) is 71.4 Å². The smallest absolute Gasteiger partial charge is 0.328 e. The molecule has 3 amide bonds. The number of hydrogen-bond donors (Lipinski definition) is 5. The summed E-state index contributed by atoms with van der Waals surface area (Å²) in [7, 11) is 1.13. The third-order valence-electron chi connectivity index (χ3n) is 4.92. The van der Waals surface area contributed by atoms with E-state index in [9.17, 15) is 29.1 Å². The average molecular weight is 499 g/mol. The minimum Gasteiger partial charge on any atom is -0.467 e. The van der Waals surface area contributed by atoms with E-state index in [-0.39, 0.29) is 19.3 Å². The lowest BCUT2D eigenvalue weighted by Crippen LogP contribution is -2.58. The molecule has 1 aromatic carbocycles. The minimum atomic E-state index is -1.25. The fourth-order valence-corrected chi connectivity index (χ4v) is 2.98. The molecule has 0 unspecified atom stereocenters. The zero-order valence-electron chi connectivity index (χ0n) is 19.2. The molecule has 34 heavy (non-hydrogen) atoms. The third kappa shape index (κ3) is 9.86. The number of methoxy groups -OCH3 is 1. The minimum absolute atomic E-state index is 0.0780. The summed E-state index contributed by atoms with van der Waals surface area (Å²) >= 11 is 5.30. The van der Waals surface area contributed by atoms with Crippen LogP contribution >= 0.6 is 11.6 Å². The quantitative estimate of drug-likeness (QED) is 0.172. The molecule has 0 saturated carbocycles. The van der Waals surface area contributed by atoms with Crippen molar-refractivity contribution < 1.29 is 33.8 Å². The Morgan fingerprint density at radius 3 is 2.09 bits per heavy atom. The summed E-state index contributed by atoms with van der Waals surface area (Å²) in [4.78, 5) is 60.7. The van der Waals surface area contributed by atoms with E-state index in [0.717, 1.165) is 12.7 Å². The number of benzene rings is 1. The summed E-state index contributed by atoms with van der Waals surface area (Å²) in [5, 5.41) is 16.3. The van der Waals surface area contributed by atoms with Gasteiger partial charge in [0, 0.05) is 12.8 Å². The maximum Gasteiger partial charge on any atom is 0.328 e. The molecule has 0 saturated heterocycles. The summed E-state index contributed by atoms with van der Waals surface area (Å²) in [6.07, 6.45) is -1.29. The summed E-state index contributed by atoms with van der Waals surface area (Å²) in [6, 6.07) is 4.26. The van der Waals surface area contributed by atoms with E-state index in [1.807, 2.05) is 0 Å². The van der Waals surface area contributed by atoms with Crippen LogP contribution < -0.4 is 21.7 Å². The lowest BCUT2D eigenvalue weighted by molar-refractivity contribution is -0.145. The molecule has 5 atom stereocenters. The Bertz CT molecular complexity index is 866. The fourth-order valence-electron chi connectivity index (χ4n) is 2.87. The molecule has 0 fully saturated rings. The van der Waals surface area contributed by atoms with E-state index in [1.165, 1.54) is 13.8 Å². The molecular formula is C22H31ClN4O7. The van der Waals surface area contributed by atoms with Crippen LogP contribution in [0, 0.1) is 0 Å². The van der Waals surface area contributed by atoms with Crippen molar-refractivity contribution in [2.75, 3.05) is 7.11 Å². The zero-order valence-corrected chi connectivity index (χ0v) is 20.0. The van der Waals surface area contributed by atoms with Gasteiger partial charge in [-0.2, -0.15) is 0 Å². The molecule has 0 aliphatic carbocycles. The number of rotatable bonds is 13. The van der Waals surface area contributed by atoms with Gasteiger partial charge in [0.2, 0.25) is 23.0 Å².